The molecule has 2 heterocycles. The normalized spacial score (nSPS) is 11.7. The van der Waals surface area contributed by atoms with E-state index in [9.17, 15) is 13.4 Å². The fourth-order valence-corrected chi connectivity index (χ4v) is 4.32. The van der Waals surface area contributed by atoms with Crippen LogP contribution in [-0.4, -0.2) is 36.8 Å². The second-order valence-corrected chi connectivity index (χ2v) is 10.9. The molecule has 0 aliphatic heterocycles. The Kier molecular flexibility index (Phi) is 5.67. The highest BCUT2D eigenvalue weighted by atomic mass is 32.2. The minimum atomic E-state index is -2.37. The highest BCUT2D eigenvalue weighted by Gasteiger charge is 2.20. The number of halogens is 2. The lowest BCUT2D eigenvalue weighted by atomic mass is 10.0. The van der Waals surface area contributed by atoms with Crippen LogP contribution >= 0.6 is 0 Å². The smallest absolute Gasteiger partial charge is 0.426 e. The van der Waals surface area contributed by atoms with Crippen LogP contribution in [0.4, 0.5) is 14.5 Å². The van der Waals surface area contributed by atoms with Gasteiger partial charge in [0.25, 0.3) is 6.01 Å². The molecule has 0 amide bonds. The maximum atomic E-state index is 15.4. The molecule has 5 aromatic rings. The molecule has 36 heavy (non-hydrogen) atoms. The molecule has 184 valence electrons. The fourth-order valence-electron chi connectivity index (χ4n) is 3.69. The Morgan fingerprint density at radius 2 is 1.81 bits per heavy atom. The second-order valence-electron chi connectivity index (χ2n) is 8.33. The first kappa shape index (κ1) is 23.4. The van der Waals surface area contributed by atoms with Crippen LogP contribution in [0.2, 0.25) is 0 Å². The van der Waals surface area contributed by atoms with Gasteiger partial charge in [0.05, 0.1) is 16.8 Å². The molecule has 5 rings (SSSR count). The van der Waals surface area contributed by atoms with Crippen molar-refractivity contribution < 1.29 is 22.2 Å². The van der Waals surface area contributed by atoms with Gasteiger partial charge in [-0.2, -0.15) is 9.35 Å². The second kappa shape index (κ2) is 8.72. The van der Waals surface area contributed by atoms with E-state index in [-0.39, 0.29) is 34.0 Å². The molecule has 9 nitrogen and oxygen atoms in total. The van der Waals surface area contributed by atoms with Crippen LogP contribution in [-0.2, 0) is 9.73 Å². The van der Waals surface area contributed by atoms with Crippen molar-refractivity contribution in [2.75, 3.05) is 12.5 Å². The summed E-state index contributed by atoms with van der Waals surface area (Å²) in [5, 5.41) is 3.68. The summed E-state index contributed by atoms with van der Waals surface area (Å²) in [4.78, 5) is 20.7. The molecule has 0 aliphatic rings. The lowest BCUT2D eigenvalue weighted by molar-refractivity contribution is 0.388. The lowest BCUT2D eigenvalue weighted by Crippen LogP contribution is -1.96. The molecule has 0 spiro atoms. The molecule has 2 aromatic heterocycles. The zero-order valence-electron chi connectivity index (χ0n) is 19.3. The summed E-state index contributed by atoms with van der Waals surface area (Å²) in [6.45, 7) is 1.82. The number of aryl methyl sites for hydroxylation is 1. The van der Waals surface area contributed by atoms with Gasteiger partial charge in [-0.3, -0.25) is 9.51 Å². The SMILES string of the molecule is Cc1ccc(Oc2nc3c(F)c(-c4ccc(N=S(C)(C)=O)cc4)c(F)cc3[nH]2)cc1-c1noc(=O)[nH]1. The highest BCUT2D eigenvalue weighted by Crippen LogP contribution is 2.34. The van der Waals surface area contributed by atoms with Crippen LogP contribution in [0.5, 0.6) is 11.8 Å². The van der Waals surface area contributed by atoms with Gasteiger partial charge in [0.2, 0.25) is 0 Å². The maximum absolute atomic E-state index is 15.4. The van der Waals surface area contributed by atoms with E-state index in [2.05, 4.69) is 29.0 Å². The van der Waals surface area contributed by atoms with Crippen molar-refractivity contribution in [1.82, 2.24) is 20.1 Å². The van der Waals surface area contributed by atoms with Crippen LogP contribution in [0.15, 0.2) is 62.2 Å². The van der Waals surface area contributed by atoms with Gasteiger partial charge >= 0.3 is 5.76 Å². The molecule has 0 unspecified atom stereocenters. The molecule has 2 N–H and O–H groups in total. The van der Waals surface area contributed by atoms with E-state index in [4.69, 9.17) is 4.74 Å². The van der Waals surface area contributed by atoms with Crippen LogP contribution in [0.25, 0.3) is 33.5 Å². The van der Waals surface area contributed by atoms with Crippen molar-refractivity contribution >= 4 is 26.4 Å². The molecule has 3 aromatic carbocycles. The summed E-state index contributed by atoms with van der Waals surface area (Å²) in [5.74, 6) is -1.80. The van der Waals surface area contributed by atoms with Gasteiger partial charge in [-0.15, -0.1) is 0 Å². The van der Waals surface area contributed by atoms with Crippen molar-refractivity contribution in [3.05, 3.63) is 76.3 Å². The summed E-state index contributed by atoms with van der Waals surface area (Å²) in [6.07, 6.45) is 3.00. The van der Waals surface area contributed by atoms with E-state index < -0.39 is 27.1 Å². The Bertz CT molecular complexity index is 1790. The molecule has 0 aliphatic carbocycles. The monoisotopic (exact) mass is 511 g/mol. The molecular formula is C24H19F2N5O4S. The third-order valence-corrected chi connectivity index (χ3v) is 5.90. The molecule has 0 saturated carbocycles. The van der Waals surface area contributed by atoms with Gasteiger partial charge < -0.3 is 9.72 Å². The number of nitrogens with zero attached hydrogens (tertiary/aromatic N) is 3. The van der Waals surface area contributed by atoms with Gasteiger partial charge in [-0.25, -0.2) is 17.8 Å². The topological polar surface area (TPSA) is 126 Å². The molecule has 0 bridgehead atoms. The van der Waals surface area contributed by atoms with Crippen molar-refractivity contribution in [2.45, 2.75) is 6.92 Å². The first-order valence-corrected chi connectivity index (χ1v) is 12.9. The van der Waals surface area contributed by atoms with E-state index in [1.807, 2.05) is 6.92 Å². The minimum Gasteiger partial charge on any atom is -0.426 e. The van der Waals surface area contributed by atoms with Gasteiger partial charge in [0, 0.05) is 33.9 Å². The third kappa shape index (κ3) is 4.62. The predicted octanol–water partition coefficient (Wildman–Crippen LogP) is 5.31. The van der Waals surface area contributed by atoms with E-state index in [0.717, 1.165) is 11.6 Å². The molecule has 0 fully saturated rings. The number of benzene rings is 3. The number of H-pyrrole nitrogens is 2. The minimum absolute atomic E-state index is 0.0568. The van der Waals surface area contributed by atoms with Gasteiger partial charge in [0.1, 0.15) is 17.1 Å². The number of rotatable bonds is 5. The number of imidazole rings is 1. The number of aromatic amines is 2. The maximum Gasteiger partial charge on any atom is 0.439 e. The first-order valence-electron chi connectivity index (χ1n) is 10.6. The number of fused-ring (bicyclic) bond motifs is 1. The van der Waals surface area contributed by atoms with E-state index in [0.29, 0.717) is 17.0 Å². The van der Waals surface area contributed by atoms with Crippen LogP contribution < -0.4 is 10.5 Å². The Hall–Kier alpha value is -4.32. The van der Waals surface area contributed by atoms with Crippen molar-refractivity contribution in [3.63, 3.8) is 0 Å². The van der Waals surface area contributed by atoms with E-state index in [1.165, 1.54) is 24.6 Å². The number of aromatic nitrogens is 4. The van der Waals surface area contributed by atoms with Crippen LogP contribution in [0.1, 0.15) is 5.56 Å². The largest absolute Gasteiger partial charge is 0.439 e. The summed E-state index contributed by atoms with van der Waals surface area (Å²) in [5.41, 5.74) is 1.83. The average Bonchev–Trinajstić information content (AvgIpc) is 3.41. The molecule has 0 saturated heterocycles. The summed E-state index contributed by atoms with van der Waals surface area (Å²) >= 11 is 0. The van der Waals surface area contributed by atoms with Crippen LogP contribution in [0.3, 0.4) is 0 Å². The fraction of sp³-hybridized carbons (Fsp3) is 0.125. The quantitative estimate of drug-likeness (QED) is 0.329. The molecule has 0 atom stereocenters. The lowest BCUT2D eigenvalue weighted by Gasteiger charge is -2.06. The number of ether oxygens (including phenoxy) is 1. The van der Waals surface area contributed by atoms with Crippen LogP contribution in [0, 0.1) is 18.6 Å². The predicted molar refractivity (Wildman–Crippen MR) is 131 cm³/mol. The Balaban J connectivity index is 1.50. The Labute approximate surface area is 203 Å². The summed E-state index contributed by atoms with van der Waals surface area (Å²) < 4.78 is 56.6. The molecule has 0 radical (unpaired) electrons. The van der Waals surface area contributed by atoms with Crippen molar-refractivity contribution in [3.8, 4) is 34.3 Å². The third-order valence-electron chi connectivity index (χ3n) is 5.25. The Morgan fingerprint density at radius 3 is 2.47 bits per heavy atom. The summed E-state index contributed by atoms with van der Waals surface area (Å²) in [7, 11) is -2.37. The number of hydrogen-bond acceptors (Lipinski definition) is 7. The standard InChI is InChI=1S/C24H19F2N5O4S/c1-12-4-9-15(10-16(12)22-29-24(32)35-30-22)34-23-27-18-11-17(25)19(20(26)21(18)28-23)13-5-7-14(8-6-13)31-36(2,3)33/h4-11H,1-3H3,(H,27,28)(H,29,30,32). The Morgan fingerprint density at radius 1 is 1.06 bits per heavy atom. The first-order chi connectivity index (χ1) is 17.1. The highest BCUT2D eigenvalue weighted by molar-refractivity contribution is 7.92. The zero-order chi connectivity index (χ0) is 25.6. The van der Waals surface area contributed by atoms with E-state index in [1.54, 1.807) is 30.3 Å². The summed E-state index contributed by atoms with van der Waals surface area (Å²) in [6, 6.07) is 12.2. The van der Waals surface area contributed by atoms with E-state index >= 15 is 4.39 Å². The molecule has 12 heteroatoms. The van der Waals surface area contributed by atoms with Crippen molar-refractivity contribution in [2.24, 2.45) is 4.36 Å². The van der Waals surface area contributed by atoms with Crippen molar-refractivity contribution in [1.29, 1.82) is 0 Å². The number of hydrogen-bond donors (Lipinski definition) is 2. The zero-order valence-corrected chi connectivity index (χ0v) is 20.1. The molecular weight excluding hydrogens is 492 g/mol. The average molecular weight is 512 g/mol. The number of nitrogens with one attached hydrogen (secondary N) is 2. The van der Waals surface area contributed by atoms with Gasteiger partial charge in [0.15, 0.2) is 11.6 Å². The van der Waals surface area contributed by atoms with Gasteiger partial charge in [-0.05, 0) is 42.3 Å². The van der Waals surface area contributed by atoms with Gasteiger partial charge in [-0.1, -0.05) is 23.4 Å².